The van der Waals surface area contributed by atoms with Crippen LogP contribution in [0.3, 0.4) is 0 Å². The van der Waals surface area contributed by atoms with Crippen molar-refractivity contribution < 1.29 is 4.74 Å². The van der Waals surface area contributed by atoms with Gasteiger partial charge in [0.15, 0.2) is 0 Å². The molecule has 1 N–H and O–H groups in total. The maximum absolute atomic E-state index is 5.55. The molecule has 1 unspecified atom stereocenters. The molecule has 0 heterocycles. The van der Waals surface area contributed by atoms with Crippen molar-refractivity contribution in [2.24, 2.45) is 5.41 Å². The van der Waals surface area contributed by atoms with E-state index in [2.05, 4.69) is 51.8 Å². The van der Waals surface area contributed by atoms with Crippen LogP contribution in [0.2, 0.25) is 0 Å². The molecule has 0 amide bonds. The molecular formula is C16H31NO. The van der Waals surface area contributed by atoms with Gasteiger partial charge in [-0.25, -0.2) is 0 Å². The largest absolute Gasteiger partial charge is 0.381 e. The molecule has 0 aliphatic carbocycles. The molecule has 1 atom stereocenters. The summed E-state index contributed by atoms with van der Waals surface area (Å²) < 4.78 is 5.55. The lowest BCUT2D eigenvalue weighted by Gasteiger charge is -2.16. The molecule has 18 heavy (non-hydrogen) atoms. The number of ether oxygens (including phenoxy) is 1. The van der Waals surface area contributed by atoms with Crippen molar-refractivity contribution in [1.82, 2.24) is 5.32 Å². The lowest BCUT2D eigenvalue weighted by atomic mass is 9.97. The Balaban J connectivity index is 4.00. The Bertz CT molecular complexity index is 244. The van der Waals surface area contributed by atoms with Gasteiger partial charge < -0.3 is 10.1 Å². The van der Waals surface area contributed by atoms with E-state index in [-0.39, 0.29) is 5.41 Å². The Morgan fingerprint density at radius 3 is 2.39 bits per heavy atom. The van der Waals surface area contributed by atoms with Crippen molar-refractivity contribution in [1.29, 1.82) is 0 Å². The van der Waals surface area contributed by atoms with E-state index in [1.165, 1.54) is 6.42 Å². The van der Waals surface area contributed by atoms with Crippen LogP contribution < -0.4 is 5.32 Å². The lowest BCUT2D eigenvalue weighted by Crippen LogP contribution is -2.30. The van der Waals surface area contributed by atoms with E-state index in [1.54, 1.807) is 0 Å². The molecule has 0 bridgehead atoms. The fourth-order valence-corrected chi connectivity index (χ4v) is 1.54. The Hall–Kier alpha value is -0.520. The standard InChI is InChI=1S/C16H31NO/c1-6-12-17-15(10-14-18-13-7-2)9-8-11-16(3,4)5/h15,17H,6-7,9-10,12-14H2,1-5H3. The molecule has 0 fully saturated rings. The number of nitrogens with one attached hydrogen (secondary N) is 1. The molecule has 0 aromatic rings. The summed E-state index contributed by atoms with van der Waals surface area (Å²) in [6, 6.07) is 0.469. The van der Waals surface area contributed by atoms with Crippen LogP contribution in [0, 0.1) is 17.3 Å². The van der Waals surface area contributed by atoms with Crippen LogP contribution in [0.15, 0.2) is 0 Å². The molecule has 0 aliphatic rings. The molecule has 0 radical (unpaired) electrons. The van der Waals surface area contributed by atoms with E-state index in [4.69, 9.17) is 4.74 Å². The normalized spacial score (nSPS) is 12.9. The van der Waals surface area contributed by atoms with Gasteiger partial charge in [0.1, 0.15) is 0 Å². The van der Waals surface area contributed by atoms with E-state index < -0.39 is 0 Å². The third-order valence-electron chi connectivity index (χ3n) is 2.45. The molecular weight excluding hydrogens is 222 g/mol. The summed E-state index contributed by atoms with van der Waals surface area (Å²) in [5, 5.41) is 3.55. The van der Waals surface area contributed by atoms with Gasteiger partial charge in [-0.3, -0.25) is 0 Å². The summed E-state index contributed by atoms with van der Waals surface area (Å²) in [6.07, 6.45) is 4.24. The van der Waals surface area contributed by atoms with E-state index >= 15 is 0 Å². The van der Waals surface area contributed by atoms with Gasteiger partial charge in [-0.2, -0.15) is 0 Å². The maximum atomic E-state index is 5.55. The first-order valence-electron chi connectivity index (χ1n) is 7.30. The van der Waals surface area contributed by atoms with Gasteiger partial charge in [0.05, 0.1) is 0 Å². The Kier molecular flexibility index (Phi) is 10.1. The molecule has 0 spiro atoms. The average molecular weight is 253 g/mol. The van der Waals surface area contributed by atoms with Crippen molar-refractivity contribution in [2.75, 3.05) is 19.8 Å². The Morgan fingerprint density at radius 2 is 1.83 bits per heavy atom. The van der Waals surface area contributed by atoms with Crippen LogP contribution in [0.25, 0.3) is 0 Å². The predicted molar refractivity (Wildman–Crippen MR) is 79.7 cm³/mol. The van der Waals surface area contributed by atoms with Crippen LogP contribution >= 0.6 is 0 Å². The minimum atomic E-state index is 0.105. The smallest absolute Gasteiger partial charge is 0.0481 e. The van der Waals surface area contributed by atoms with Crippen molar-refractivity contribution in [3.63, 3.8) is 0 Å². The van der Waals surface area contributed by atoms with Gasteiger partial charge in [0.2, 0.25) is 0 Å². The number of rotatable bonds is 9. The second kappa shape index (κ2) is 10.4. The summed E-state index contributed by atoms with van der Waals surface area (Å²) >= 11 is 0. The van der Waals surface area contributed by atoms with Crippen molar-refractivity contribution in [2.45, 2.75) is 66.3 Å². The van der Waals surface area contributed by atoms with E-state index in [9.17, 15) is 0 Å². The van der Waals surface area contributed by atoms with Crippen molar-refractivity contribution in [3.8, 4) is 11.8 Å². The first kappa shape index (κ1) is 17.5. The minimum absolute atomic E-state index is 0.105. The van der Waals surface area contributed by atoms with Gasteiger partial charge in [-0.05, 0) is 46.6 Å². The van der Waals surface area contributed by atoms with Crippen LogP contribution in [0.4, 0.5) is 0 Å². The average Bonchev–Trinajstić information content (AvgIpc) is 2.29. The Morgan fingerprint density at radius 1 is 1.11 bits per heavy atom. The highest BCUT2D eigenvalue weighted by molar-refractivity contribution is 5.08. The van der Waals surface area contributed by atoms with Crippen LogP contribution in [0.5, 0.6) is 0 Å². The molecule has 0 rings (SSSR count). The summed E-state index contributed by atoms with van der Waals surface area (Å²) in [4.78, 5) is 0. The molecule has 2 nitrogen and oxygen atoms in total. The third-order valence-corrected chi connectivity index (χ3v) is 2.45. The highest BCUT2D eigenvalue weighted by atomic mass is 16.5. The SMILES string of the molecule is CCCNC(CC#CC(C)(C)C)CCOCCC. The second-order valence-electron chi connectivity index (χ2n) is 5.81. The summed E-state index contributed by atoms with van der Waals surface area (Å²) in [5.41, 5.74) is 0.105. The lowest BCUT2D eigenvalue weighted by molar-refractivity contribution is 0.125. The predicted octanol–water partition coefficient (Wildman–Crippen LogP) is 3.61. The van der Waals surface area contributed by atoms with Crippen molar-refractivity contribution >= 4 is 0 Å². The summed E-state index contributed by atoms with van der Waals surface area (Å²) in [5.74, 6) is 6.61. The number of hydrogen-bond donors (Lipinski definition) is 1. The fraction of sp³-hybridized carbons (Fsp3) is 0.875. The quantitative estimate of drug-likeness (QED) is 0.500. The van der Waals surface area contributed by atoms with E-state index in [0.717, 1.165) is 39.0 Å². The first-order valence-corrected chi connectivity index (χ1v) is 7.30. The summed E-state index contributed by atoms with van der Waals surface area (Å²) in [6.45, 7) is 13.6. The fourth-order valence-electron chi connectivity index (χ4n) is 1.54. The monoisotopic (exact) mass is 253 g/mol. The van der Waals surface area contributed by atoms with E-state index in [1.807, 2.05) is 0 Å². The molecule has 0 saturated heterocycles. The highest BCUT2D eigenvalue weighted by Gasteiger charge is 2.07. The molecule has 0 saturated carbocycles. The molecule has 0 aromatic heterocycles. The van der Waals surface area contributed by atoms with Gasteiger partial charge in [0.25, 0.3) is 0 Å². The zero-order valence-corrected chi connectivity index (χ0v) is 12.9. The maximum Gasteiger partial charge on any atom is 0.0481 e. The molecule has 0 aromatic carbocycles. The minimum Gasteiger partial charge on any atom is -0.381 e. The Labute approximate surface area is 114 Å². The second-order valence-corrected chi connectivity index (χ2v) is 5.81. The van der Waals surface area contributed by atoms with Gasteiger partial charge in [-0.15, -0.1) is 5.92 Å². The number of hydrogen-bond acceptors (Lipinski definition) is 2. The van der Waals surface area contributed by atoms with Gasteiger partial charge in [0, 0.05) is 31.1 Å². The van der Waals surface area contributed by atoms with Crippen LogP contribution in [0.1, 0.15) is 60.3 Å². The van der Waals surface area contributed by atoms with Crippen LogP contribution in [-0.4, -0.2) is 25.8 Å². The van der Waals surface area contributed by atoms with E-state index in [0.29, 0.717) is 6.04 Å². The molecule has 106 valence electrons. The third kappa shape index (κ3) is 12.0. The zero-order chi connectivity index (χ0) is 13.9. The van der Waals surface area contributed by atoms with Gasteiger partial charge >= 0.3 is 0 Å². The van der Waals surface area contributed by atoms with Crippen molar-refractivity contribution in [3.05, 3.63) is 0 Å². The molecule has 0 aliphatic heterocycles. The van der Waals surface area contributed by atoms with Crippen LogP contribution in [-0.2, 0) is 4.74 Å². The topological polar surface area (TPSA) is 21.3 Å². The highest BCUT2D eigenvalue weighted by Crippen LogP contribution is 2.10. The zero-order valence-electron chi connectivity index (χ0n) is 12.9. The summed E-state index contributed by atoms with van der Waals surface area (Å²) in [7, 11) is 0. The first-order chi connectivity index (χ1) is 8.49. The molecule has 2 heteroatoms. The van der Waals surface area contributed by atoms with Gasteiger partial charge in [-0.1, -0.05) is 19.8 Å².